The Morgan fingerprint density at radius 3 is 2.52 bits per heavy atom. The highest BCUT2D eigenvalue weighted by molar-refractivity contribution is 7.12. The molecule has 1 heterocycles. The lowest BCUT2D eigenvalue weighted by Gasteiger charge is -2.10. The van der Waals surface area contributed by atoms with Crippen LogP contribution in [-0.2, 0) is 14.3 Å². The smallest absolute Gasteiger partial charge is 0.344 e. The second-order valence-electron chi connectivity index (χ2n) is 5.41. The minimum Gasteiger partial charge on any atom is -0.481 e. The lowest BCUT2D eigenvalue weighted by atomic mass is 10.1. The fourth-order valence-corrected chi connectivity index (χ4v) is 2.90. The van der Waals surface area contributed by atoms with Crippen molar-refractivity contribution in [3.8, 4) is 5.75 Å². The second-order valence-corrected chi connectivity index (χ2v) is 6.35. The molecule has 2 N–H and O–H groups in total. The molecule has 0 fully saturated rings. The van der Waals surface area contributed by atoms with Crippen molar-refractivity contribution in [3.05, 3.63) is 64.9 Å². The van der Waals surface area contributed by atoms with Crippen LogP contribution in [0.1, 0.15) is 9.67 Å². The standard InChI is InChI=1S/C19H16N2O5S/c22-17(20-21-19(24)16-9-4-10-27-16)11-26-18(23)12-25-15-8-3-6-13-5-1-2-7-14(13)15/h1-10H,11-12H2,(H,20,22)(H,21,24). The third-order valence-corrected chi connectivity index (χ3v) is 4.39. The number of hydrogen-bond acceptors (Lipinski definition) is 6. The lowest BCUT2D eigenvalue weighted by Crippen LogP contribution is -2.43. The van der Waals surface area contributed by atoms with Crippen LogP contribution < -0.4 is 15.6 Å². The van der Waals surface area contributed by atoms with E-state index in [1.807, 2.05) is 36.4 Å². The monoisotopic (exact) mass is 384 g/mol. The first-order valence-corrected chi connectivity index (χ1v) is 8.90. The summed E-state index contributed by atoms with van der Waals surface area (Å²) in [5, 5.41) is 3.61. The first-order chi connectivity index (χ1) is 13.1. The molecule has 7 nitrogen and oxygen atoms in total. The van der Waals surface area contributed by atoms with E-state index in [-0.39, 0.29) is 6.61 Å². The van der Waals surface area contributed by atoms with Crippen LogP contribution in [-0.4, -0.2) is 31.0 Å². The van der Waals surface area contributed by atoms with Crippen molar-refractivity contribution in [2.24, 2.45) is 0 Å². The molecule has 0 radical (unpaired) electrons. The van der Waals surface area contributed by atoms with Crippen molar-refractivity contribution in [1.82, 2.24) is 10.9 Å². The van der Waals surface area contributed by atoms with E-state index in [1.165, 1.54) is 11.3 Å². The van der Waals surface area contributed by atoms with Gasteiger partial charge >= 0.3 is 5.97 Å². The molecule has 0 spiro atoms. The summed E-state index contributed by atoms with van der Waals surface area (Å²) >= 11 is 1.24. The van der Waals surface area contributed by atoms with Gasteiger partial charge in [-0.05, 0) is 22.9 Å². The van der Waals surface area contributed by atoms with E-state index in [0.29, 0.717) is 10.6 Å². The number of benzene rings is 2. The summed E-state index contributed by atoms with van der Waals surface area (Å²) in [6.45, 7) is -0.856. The summed E-state index contributed by atoms with van der Waals surface area (Å²) in [5.41, 5.74) is 4.41. The first-order valence-electron chi connectivity index (χ1n) is 8.02. The highest BCUT2D eigenvalue weighted by Crippen LogP contribution is 2.24. The molecular formula is C19H16N2O5S. The van der Waals surface area contributed by atoms with Crippen LogP contribution in [0.2, 0.25) is 0 Å². The van der Waals surface area contributed by atoms with E-state index >= 15 is 0 Å². The number of thiophene rings is 1. The Bertz CT molecular complexity index is 950. The maximum Gasteiger partial charge on any atom is 0.344 e. The highest BCUT2D eigenvalue weighted by Gasteiger charge is 2.11. The Labute approximate surface area is 158 Å². The molecule has 0 saturated heterocycles. The third kappa shape index (κ3) is 5.05. The van der Waals surface area contributed by atoms with E-state index in [4.69, 9.17) is 9.47 Å². The van der Waals surface area contributed by atoms with Crippen molar-refractivity contribution in [2.75, 3.05) is 13.2 Å². The van der Waals surface area contributed by atoms with Gasteiger partial charge in [-0.3, -0.25) is 20.4 Å². The van der Waals surface area contributed by atoms with Crippen LogP contribution in [0.25, 0.3) is 10.8 Å². The number of amides is 2. The van der Waals surface area contributed by atoms with Gasteiger partial charge in [-0.15, -0.1) is 11.3 Å². The Morgan fingerprint density at radius 1 is 0.889 bits per heavy atom. The van der Waals surface area contributed by atoms with Gasteiger partial charge in [0.25, 0.3) is 11.8 Å². The molecule has 0 saturated carbocycles. The summed E-state index contributed by atoms with van der Waals surface area (Å²) < 4.78 is 10.3. The molecule has 8 heteroatoms. The predicted octanol–water partition coefficient (Wildman–Crippen LogP) is 2.28. The van der Waals surface area contributed by atoms with Gasteiger partial charge in [-0.25, -0.2) is 4.79 Å². The predicted molar refractivity (Wildman–Crippen MR) is 100 cm³/mol. The number of rotatable bonds is 6. The Balaban J connectivity index is 1.41. The Kier molecular flexibility index (Phi) is 6.01. The third-order valence-electron chi connectivity index (χ3n) is 3.52. The van der Waals surface area contributed by atoms with E-state index in [1.54, 1.807) is 23.6 Å². The van der Waals surface area contributed by atoms with Crippen molar-refractivity contribution >= 4 is 39.9 Å². The average Bonchev–Trinajstić information content (AvgIpc) is 3.23. The number of hydrogen-bond donors (Lipinski definition) is 2. The van der Waals surface area contributed by atoms with Gasteiger partial charge in [0.1, 0.15) is 5.75 Å². The van der Waals surface area contributed by atoms with Crippen molar-refractivity contribution in [2.45, 2.75) is 0 Å². The summed E-state index contributed by atoms with van der Waals surface area (Å²) in [7, 11) is 0. The van der Waals surface area contributed by atoms with Crippen LogP contribution in [0.5, 0.6) is 5.75 Å². The van der Waals surface area contributed by atoms with Gasteiger partial charge in [0.15, 0.2) is 13.2 Å². The molecule has 3 rings (SSSR count). The summed E-state index contributed by atoms with van der Waals surface area (Å²) in [4.78, 5) is 35.5. The number of ether oxygens (including phenoxy) is 2. The molecule has 0 aliphatic heterocycles. The molecule has 1 aromatic heterocycles. The van der Waals surface area contributed by atoms with Crippen LogP contribution in [0, 0.1) is 0 Å². The molecule has 0 atom stereocenters. The SMILES string of the molecule is O=C(COC(=O)COc1cccc2ccccc12)NNC(=O)c1cccs1. The van der Waals surface area contributed by atoms with Crippen LogP contribution >= 0.6 is 11.3 Å². The summed E-state index contributed by atoms with van der Waals surface area (Å²) in [6, 6.07) is 16.5. The maximum atomic E-state index is 11.8. The van der Waals surface area contributed by atoms with Gasteiger partial charge in [0.2, 0.25) is 0 Å². The zero-order valence-electron chi connectivity index (χ0n) is 14.1. The van der Waals surface area contributed by atoms with Crippen molar-refractivity contribution < 1.29 is 23.9 Å². The molecule has 3 aromatic rings. The molecule has 138 valence electrons. The average molecular weight is 384 g/mol. The molecule has 2 aromatic carbocycles. The van der Waals surface area contributed by atoms with Crippen molar-refractivity contribution in [3.63, 3.8) is 0 Å². The largest absolute Gasteiger partial charge is 0.481 e. The minimum absolute atomic E-state index is 0.331. The van der Waals surface area contributed by atoms with Crippen molar-refractivity contribution in [1.29, 1.82) is 0 Å². The fourth-order valence-electron chi connectivity index (χ4n) is 2.28. The summed E-state index contributed by atoms with van der Waals surface area (Å²) in [5.74, 6) is -1.23. The van der Waals surface area contributed by atoms with Gasteiger partial charge in [-0.1, -0.05) is 42.5 Å². The second kappa shape index (κ2) is 8.81. The number of carbonyl (C=O) groups excluding carboxylic acids is 3. The molecule has 0 aliphatic rings. The van der Waals surface area contributed by atoms with Gasteiger partial charge < -0.3 is 9.47 Å². The van der Waals surface area contributed by atoms with Crippen LogP contribution in [0.3, 0.4) is 0 Å². The van der Waals surface area contributed by atoms with E-state index in [2.05, 4.69) is 10.9 Å². The molecule has 0 unspecified atom stereocenters. The minimum atomic E-state index is -0.692. The number of carbonyl (C=O) groups is 3. The Hall–Kier alpha value is -3.39. The molecule has 0 aliphatic carbocycles. The zero-order valence-corrected chi connectivity index (χ0v) is 15.0. The van der Waals surface area contributed by atoms with E-state index < -0.39 is 24.4 Å². The number of fused-ring (bicyclic) bond motifs is 1. The molecule has 2 amide bonds. The quantitative estimate of drug-likeness (QED) is 0.502. The number of nitrogens with one attached hydrogen (secondary N) is 2. The first kappa shape index (κ1) is 18.4. The normalized spacial score (nSPS) is 10.2. The van der Waals surface area contributed by atoms with Gasteiger partial charge in [0.05, 0.1) is 4.88 Å². The molecule has 0 bridgehead atoms. The topological polar surface area (TPSA) is 93.7 Å². The zero-order chi connectivity index (χ0) is 19.1. The fraction of sp³-hybridized carbons (Fsp3) is 0.105. The number of esters is 1. The maximum absolute atomic E-state index is 11.8. The van der Waals surface area contributed by atoms with E-state index in [9.17, 15) is 14.4 Å². The van der Waals surface area contributed by atoms with Crippen LogP contribution in [0.4, 0.5) is 0 Å². The Morgan fingerprint density at radius 2 is 1.70 bits per heavy atom. The van der Waals surface area contributed by atoms with Crippen LogP contribution in [0.15, 0.2) is 60.0 Å². The number of hydrazine groups is 1. The lowest BCUT2D eigenvalue weighted by molar-refractivity contribution is -0.150. The molecular weight excluding hydrogens is 368 g/mol. The summed E-state index contributed by atoms with van der Waals surface area (Å²) in [6.07, 6.45) is 0. The van der Waals surface area contributed by atoms with E-state index in [0.717, 1.165) is 10.8 Å². The molecule has 27 heavy (non-hydrogen) atoms. The van der Waals surface area contributed by atoms with Gasteiger partial charge in [0, 0.05) is 5.39 Å². The highest BCUT2D eigenvalue weighted by atomic mass is 32.1. The van der Waals surface area contributed by atoms with Gasteiger partial charge in [-0.2, -0.15) is 0 Å².